The zero-order valence-electron chi connectivity index (χ0n) is 11.2. The molecular weight excluding hydrogens is 290 g/mol. The first-order chi connectivity index (χ1) is 9.88. The van der Waals surface area contributed by atoms with Crippen molar-refractivity contribution in [2.75, 3.05) is 19.8 Å². The highest BCUT2D eigenvalue weighted by Gasteiger charge is 2.31. The molecule has 0 bridgehead atoms. The van der Waals surface area contributed by atoms with Crippen molar-refractivity contribution in [2.24, 2.45) is 5.92 Å². The van der Waals surface area contributed by atoms with E-state index in [1.165, 1.54) is 0 Å². The van der Waals surface area contributed by atoms with E-state index in [2.05, 4.69) is 5.32 Å². The normalized spacial score (nSPS) is 18.8. The van der Waals surface area contributed by atoms with Gasteiger partial charge in [0.2, 0.25) is 0 Å². The summed E-state index contributed by atoms with van der Waals surface area (Å²) in [6.45, 7) is 1.58. The molecule has 0 spiro atoms. The monoisotopic (exact) mass is 305 g/mol. The second kappa shape index (κ2) is 6.43. The molecule has 2 rings (SSSR count). The van der Waals surface area contributed by atoms with Gasteiger partial charge in [-0.25, -0.2) is 4.39 Å². The molecule has 1 fully saturated rings. The van der Waals surface area contributed by atoms with Crippen LogP contribution in [0, 0.1) is 11.7 Å². The number of carbonyl (C=O) groups excluding carboxylic acids is 1. The van der Waals surface area contributed by atoms with Gasteiger partial charge in [-0.2, -0.15) is 13.2 Å². The van der Waals surface area contributed by atoms with E-state index in [9.17, 15) is 22.4 Å². The van der Waals surface area contributed by atoms with E-state index in [0.717, 1.165) is 6.42 Å². The number of amides is 1. The molecule has 1 amide bonds. The summed E-state index contributed by atoms with van der Waals surface area (Å²) in [6.07, 6.45) is -3.05. The first kappa shape index (κ1) is 15.8. The van der Waals surface area contributed by atoms with Gasteiger partial charge in [0.15, 0.2) is 0 Å². The summed E-state index contributed by atoms with van der Waals surface area (Å²) in [4.78, 5) is 11.8. The first-order valence-electron chi connectivity index (χ1n) is 6.60. The molecule has 0 aromatic heterocycles. The lowest BCUT2D eigenvalue weighted by atomic mass is 10.1. The van der Waals surface area contributed by atoms with Crippen molar-refractivity contribution in [1.82, 2.24) is 5.32 Å². The van der Waals surface area contributed by atoms with Crippen molar-refractivity contribution in [2.45, 2.75) is 19.0 Å². The highest BCUT2D eigenvalue weighted by atomic mass is 19.4. The number of rotatable bonds is 4. The van der Waals surface area contributed by atoms with Gasteiger partial charge in [0.1, 0.15) is 5.82 Å². The SMILES string of the molecule is O=C(NCCC1CCOC1)c1cc(C(F)(F)F)ccc1F. The molecule has 0 saturated carbocycles. The van der Waals surface area contributed by atoms with Crippen molar-refractivity contribution >= 4 is 5.91 Å². The molecule has 1 N–H and O–H groups in total. The van der Waals surface area contributed by atoms with Gasteiger partial charge < -0.3 is 10.1 Å². The maximum Gasteiger partial charge on any atom is 0.416 e. The van der Waals surface area contributed by atoms with Crippen molar-refractivity contribution in [3.63, 3.8) is 0 Å². The number of halogens is 4. The standard InChI is InChI=1S/C14H15F4NO2/c15-12-2-1-10(14(16,17)18)7-11(12)13(20)19-5-3-9-4-6-21-8-9/h1-2,7,9H,3-6,8H2,(H,19,20). The molecule has 7 heteroatoms. The van der Waals surface area contributed by atoms with E-state index in [1.54, 1.807) is 0 Å². The molecule has 116 valence electrons. The summed E-state index contributed by atoms with van der Waals surface area (Å²) in [5.74, 6) is -1.47. The fourth-order valence-electron chi connectivity index (χ4n) is 2.17. The van der Waals surface area contributed by atoms with Crippen LogP contribution in [0.4, 0.5) is 17.6 Å². The maximum absolute atomic E-state index is 13.5. The van der Waals surface area contributed by atoms with Crippen molar-refractivity contribution in [1.29, 1.82) is 0 Å². The number of alkyl halides is 3. The fraction of sp³-hybridized carbons (Fsp3) is 0.500. The Bertz CT molecular complexity index is 510. The van der Waals surface area contributed by atoms with Gasteiger partial charge in [0.05, 0.1) is 11.1 Å². The summed E-state index contributed by atoms with van der Waals surface area (Å²) in [5.41, 5.74) is -1.63. The van der Waals surface area contributed by atoms with Crippen LogP contribution in [-0.2, 0) is 10.9 Å². The Morgan fingerprint density at radius 2 is 2.14 bits per heavy atom. The van der Waals surface area contributed by atoms with Crippen LogP contribution in [0.15, 0.2) is 18.2 Å². The van der Waals surface area contributed by atoms with E-state index >= 15 is 0 Å². The number of hydrogen-bond donors (Lipinski definition) is 1. The molecule has 0 radical (unpaired) electrons. The van der Waals surface area contributed by atoms with Crippen LogP contribution in [-0.4, -0.2) is 25.7 Å². The molecule has 1 atom stereocenters. The number of benzene rings is 1. The second-order valence-electron chi connectivity index (χ2n) is 4.97. The fourth-order valence-corrected chi connectivity index (χ4v) is 2.17. The largest absolute Gasteiger partial charge is 0.416 e. The van der Waals surface area contributed by atoms with Gasteiger partial charge in [0.25, 0.3) is 5.91 Å². The lowest BCUT2D eigenvalue weighted by Crippen LogP contribution is -2.27. The maximum atomic E-state index is 13.5. The van der Waals surface area contributed by atoms with Gasteiger partial charge in [-0.15, -0.1) is 0 Å². The van der Waals surface area contributed by atoms with E-state index in [1.807, 2.05) is 0 Å². The Morgan fingerprint density at radius 3 is 2.76 bits per heavy atom. The van der Waals surface area contributed by atoms with Gasteiger partial charge in [-0.1, -0.05) is 0 Å². The molecule has 1 aromatic rings. The first-order valence-corrected chi connectivity index (χ1v) is 6.60. The van der Waals surface area contributed by atoms with Crippen LogP contribution in [0.3, 0.4) is 0 Å². The third kappa shape index (κ3) is 4.17. The Kier molecular flexibility index (Phi) is 4.82. The highest BCUT2D eigenvalue weighted by Crippen LogP contribution is 2.30. The van der Waals surface area contributed by atoms with E-state index in [0.29, 0.717) is 43.8 Å². The van der Waals surface area contributed by atoms with Crippen molar-refractivity contribution in [3.05, 3.63) is 35.1 Å². The van der Waals surface area contributed by atoms with E-state index in [4.69, 9.17) is 4.74 Å². The number of hydrogen-bond acceptors (Lipinski definition) is 2. The molecule has 1 aliphatic heterocycles. The molecule has 3 nitrogen and oxygen atoms in total. The smallest absolute Gasteiger partial charge is 0.381 e. The zero-order valence-corrected chi connectivity index (χ0v) is 11.2. The molecular formula is C14H15F4NO2. The Labute approximate surface area is 119 Å². The van der Waals surface area contributed by atoms with Gasteiger partial charge >= 0.3 is 6.18 Å². The molecule has 1 unspecified atom stereocenters. The summed E-state index contributed by atoms with van der Waals surface area (Å²) in [7, 11) is 0. The van der Waals surface area contributed by atoms with Gasteiger partial charge in [-0.3, -0.25) is 4.79 Å². The van der Waals surface area contributed by atoms with Crippen LogP contribution < -0.4 is 5.32 Å². The minimum Gasteiger partial charge on any atom is -0.381 e. The summed E-state index contributed by atoms with van der Waals surface area (Å²) < 4.78 is 56.3. The average molecular weight is 305 g/mol. The predicted octanol–water partition coefficient (Wildman–Crippen LogP) is 3.00. The lowest BCUT2D eigenvalue weighted by molar-refractivity contribution is -0.137. The molecule has 1 heterocycles. The Balaban J connectivity index is 1.97. The van der Waals surface area contributed by atoms with Gasteiger partial charge in [0, 0.05) is 19.8 Å². The van der Waals surface area contributed by atoms with Crippen molar-refractivity contribution in [3.8, 4) is 0 Å². The minimum absolute atomic E-state index is 0.280. The molecule has 0 aliphatic carbocycles. The summed E-state index contributed by atoms with van der Waals surface area (Å²) >= 11 is 0. The van der Waals surface area contributed by atoms with E-state index in [-0.39, 0.29) is 6.54 Å². The quantitative estimate of drug-likeness (QED) is 0.869. The second-order valence-corrected chi connectivity index (χ2v) is 4.97. The molecule has 1 aromatic carbocycles. The molecule has 1 aliphatic rings. The van der Waals surface area contributed by atoms with E-state index < -0.39 is 29.0 Å². The summed E-state index contributed by atoms with van der Waals surface area (Å²) in [6, 6.07) is 1.80. The van der Waals surface area contributed by atoms with Crippen LogP contribution in [0.5, 0.6) is 0 Å². The van der Waals surface area contributed by atoms with Crippen molar-refractivity contribution < 1.29 is 27.1 Å². The average Bonchev–Trinajstić information content (AvgIpc) is 2.91. The Morgan fingerprint density at radius 1 is 1.38 bits per heavy atom. The zero-order chi connectivity index (χ0) is 15.5. The number of nitrogens with one attached hydrogen (secondary N) is 1. The van der Waals surface area contributed by atoms with Crippen LogP contribution in [0.1, 0.15) is 28.8 Å². The third-order valence-electron chi connectivity index (χ3n) is 3.40. The third-order valence-corrected chi connectivity index (χ3v) is 3.40. The lowest BCUT2D eigenvalue weighted by Gasteiger charge is -2.11. The number of ether oxygens (including phenoxy) is 1. The molecule has 21 heavy (non-hydrogen) atoms. The number of carbonyl (C=O) groups is 1. The topological polar surface area (TPSA) is 38.3 Å². The summed E-state index contributed by atoms with van der Waals surface area (Å²) in [5, 5.41) is 2.44. The van der Waals surface area contributed by atoms with Crippen LogP contribution in [0.25, 0.3) is 0 Å². The predicted molar refractivity (Wildman–Crippen MR) is 67.3 cm³/mol. The molecule has 1 saturated heterocycles. The Hall–Kier alpha value is -1.63. The highest BCUT2D eigenvalue weighted by molar-refractivity contribution is 5.94. The van der Waals surface area contributed by atoms with Crippen LogP contribution >= 0.6 is 0 Å². The minimum atomic E-state index is -4.61. The van der Waals surface area contributed by atoms with Gasteiger partial charge in [-0.05, 0) is 37.0 Å². The van der Waals surface area contributed by atoms with Crippen LogP contribution in [0.2, 0.25) is 0 Å².